The number of hydrogen-bond donors (Lipinski definition) is 3. The minimum atomic E-state index is -3.77. The molecule has 1 aliphatic carbocycles. The van der Waals surface area contributed by atoms with Gasteiger partial charge in [0.15, 0.2) is 0 Å². The molecule has 8 heteroatoms. The molecular weight excluding hydrogens is 282 g/mol. The third-order valence-corrected chi connectivity index (χ3v) is 5.28. The van der Waals surface area contributed by atoms with Crippen LogP contribution in [0.1, 0.15) is 36.2 Å². The maximum atomic E-state index is 12.1. The van der Waals surface area contributed by atoms with Gasteiger partial charge in [0.25, 0.3) is 5.91 Å². The van der Waals surface area contributed by atoms with Crippen molar-refractivity contribution in [2.75, 3.05) is 0 Å². The first-order valence-electron chi connectivity index (χ1n) is 6.52. The number of amides is 1. The number of aliphatic hydroxyl groups excluding tert-OH is 1. The van der Waals surface area contributed by atoms with E-state index in [1.807, 2.05) is 0 Å². The van der Waals surface area contributed by atoms with Crippen LogP contribution >= 0.6 is 0 Å². The van der Waals surface area contributed by atoms with E-state index in [1.54, 1.807) is 29.9 Å². The molecule has 2 unspecified atom stereocenters. The van der Waals surface area contributed by atoms with Crippen LogP contribution in [0.3, 0.4) is 0 Å². The first-order valence-corrected chi connectivity index (χ1v) is 8.07. The summed E-state index contributed by atoms with van der Waals surface area (Å²) >= 11 is 0. The van der Waals surface area contributed by atoms with Crippen LogP contribution in [0.2, 0.25) is 0 Å². The summed E-state index contributed by atoms with van der Waals surface area (Å²) in [5, 5.41) is 8.89. The summed E-state index contributed by atoms with van der Waals surface area (Å²) < 4.78 is 25.7. The molecule has 2 atom stereocenters. The molecular formula is C12H19N3O4S. The smallest absolute Gasteiger partial charge is 0.282 e. The van der Waals surface area contributed by atoms with Crippen LogP contribution < -0.4 is 10.3 Å². The molecule has 112 valence electrons. The minimum absolute atomic E-state index is 0.344. The minimum Gasteiger partial charge on any atom is -0.392 e. The summed E-state index contributed by atoms with van der Waals surface area (Å²) in [6, 6.07) is 3.27. The van der Waals surface area contributed by atoms with E-state index in [1.165, 1.54) is 0 Å². The Hall–Kier alpha value is -1.38. The first-order chi connectivity index (χ1) is 9.42. The van der Waals surface area contributed by atoms with Gasteiger partial charge < -0.3 is 9.67 Å². The predicted molar refractivity (Wildman–Crippen MR) is 73.2 cm³/mol. The highest BCUT2D eigenvalue weighted by Gasteiger charge is 2.34. The maximum Gasteiger partial charge on any atom is 0.282 e. The number of aliphatic hydroxyl groups is 1. The Kier molecular flexibility index (Phi) is 4.46. The topological polar surface area (TPSA) is 100 Å². The van der Waals surface area contributed by atoms with Crippen LogP contribution in [0.4, 0.5) is 0 Å². The van der Waals surface area contributed by atoms with Crippen molar-refractivity contribution in [3.63, 3.8) is 0 Å². The summed E-state index contributed by atoms with van der Waals surface area (Å²) in [6.07, 6.45) is 3.26. The van der Waals surface area contributed by atoms with E-state index in [0.717, 1.165) is 12.8 Å². The van der Waals surface area contributed by atoms with Crippen molar-refractivity contribution in [3.8, 4) is 0 Å². The number of aryl methyl sites for hydroxylation is 1. The van der Waals surface area contributed by atoms with Crippen molar-refractivity contribution in [2.45, 2.75) is 37.0 Å². The molecule has 1 aromatic heterocycles. The molecule has 3 N–H and O–H groups in total. The number of sulfonamides is 1. The fourth-order valence-corrected chi connectivity index (χ4v) is 3.81. The second-order valence-electron chi connectivity index (χ2n) is 5.00. The molecule has 1 saturated carbocycles. The lowest BCUT2D eigenvalue weighted by atomic mass is 9.97. The van der Waals surface area contributed by atoms with E-state index in [-0.39, 0.29) is 0 Å². The summed E-state index contributed by atoms with van der Waals surface area (Å²) in [5.41, 5.74) is 2.52. The van der Waals surface area contributed by atoms with Crippen LogP contribution in [0, 0.1) is 0 Å². The SMILES string of the molecule is Cn1cccc1C(=O)NNS(=O)(=O)C1CCCCC1O. The lowest BCUT2D eigenvalue weighted by Gasteiger charge is -2.27. The van der Waals surface area contributed by atoms with Gasteiger partial charge in [0, 0.05) is 13.2 Å². The van der Waals surface area contributed by atoms with Crippen molar-refractivity contribution in [3.05, 3.63) is 24.0 Å². The molecule has 1 heterocycles. The van der Waals surface area contributed by atoms with E-state index in [2.05, 4.69) is 10.3 Å². The molecule has 0 bridgehead atoms. The standard InChI is InChI=1S/C12H19N3O4S/c1-15-8-4-5-9(15)12(17)13-14-20(18,19)11-7-3-2-6-10(11)16/h4-5,8,10-11,14,16H,2-3,6-7H2,1H3,(H,13,17). The van der Waals surface area contributed by atoms with E-state index in [4.69, 9.17) is 0 Å². The van der Waals surface area contributed by atoms with Crippen LogP contribution in [-0.2, 0) is 17.1 Å². The van der Waals surface area contributed by atoms with Gasteiger partial charge in [0.1, 0.15) is 10.9 Å². The van der Waals surface area contributed by atoms with Crippen molar-refractivity contribution in [1.29, 1.82) is 0 Å². The van der Waals surface area contributed by atoms with Crippen LogP contribution in [0.15, 0.2) is 18.3 Å². The van der Waals surface area contributed by atoms with Gasteiger partial charge in [-0.2, -0.15) is 0 Å². The summed E-state index contributed by atoms with van der Waals surface area (Å²) in [7, 11) is -2.08. The second-order valence-corrected chi connectivity index (χ2v) is 6.90. The molecule has 0 radical (unpaired) electrons. The molecule has 0 aromatic carbocycles. The first kappa shape index (κ1) is 15.0. The molecule has 1 amide bonds. The van der Waals surface area contributed by atoms with Gasteiger partial charge in [0.2, 0.25) is 10.0 Å². The maximum absolute atomic E-state index is 12.1. The number of nitrogens with zero attached hydrogens (tertiary/aromatic N) is 1. The number of carbonyl (C=O) groups is 1. The van der Waals surface area contributed by atoms with Crippen molar-refractivity contribution in [2.24, 2.45) is 7.05 Å². The predicted octanol–water partition coefficient (Wildman–Crippen LogP) is -0.107. The Morgan fingerprint density at radius 3 is 2.70 bits per heavy atom. The molecule has 1 fully saturated rings. The zero-order chi connectivity index (χ0) is 14.8. The Labute approximate surface area is 118 Å². The van der Waals surface area contributed by atoms with Gasteiger partial charge in [-0.1, -0.05) is 12.8 Å². The average Bonchev–Trinajstić information content (AvgIpc) is 2.83. The number of carbonyl (C=O) groups excluding carboxylic acids is 1. The second kappa shape index (κ2) is 5.94. The zero-order valence-electron chi connectivity index (χ0n) is 11.2. The number of rotatable bonds is 4. The molecule has 7 nitrogen and oxygen atoms in total. The molecule has 0 spiro atoms. The van der Waals surface area contributed by atoms with E-state index < -0.39 is 27.3 Å². The zero-order valence-corrected chi connectivity index (χ0v) is 12.1. The molecule has 20 heavy (non-hydrogen) atoms. The molecule has 0 saturated heterocycles. The quantitative estimate of drug-likeness (QED) is 0.676. The van der Waals surface area contributed by atoms with E-state index in [9.17, 15) is 18.3 Å². The third kappa shape index (κ3) is 3.20. The average molecular weight is 301 g/mol. The highest BCUT2D eigenvalue weighted by Crippen LogP contribution is 2.23. The Balaban J connectivity index is 1.99. The fourth-order valence-electron chi connectivity index (χ4n) is 2.39. The molecule has 1 aromatic rings. The van der Waals surface area contributed by atoms with Gasteiger partial charge in [-0.3, -0.25) is 10.2 Å². The normalized spacial score (nSPS) is 23.5. The highest BCUT2D eigenvalue weighted by molar-refractivity contribution is 7.90. The van der Waals surface area contributed by atoms with Crippen LogP contribution in [-0.4, -0.2) is 35.4 Å². The highest BCUT2D eigenvalue weighted by atomic mass is 32.2. The summed E-state index contributed by atoms with van der Waals surface area (Å²) in [6.45, 7) is 0. The lowest BCUT2D eigenvalue weighted by molar-refractivity contribution is 0.0934. The van der Waals surface area contributed by atoms with Gasteiger partial charge in [-0.15, -0.1) is 4.83 Å². The van der Waals surface area contributed by atoms with Crippen LogP contribution in [0.5, 0.6) is 0 Å². The van der Waals surface area contributed by atoms with Gasteiger partial charge >= 0.3 is 0 Å². The van der Waals surface area contributed by atoms with Crippen molar-refractivity contribution in [1.82, 2.24) is 14.8 Å². The molecule has 0 aliphatic heterocycles. The van der Waals surface area contributed by atoms with E-state index >= 15 is 0 Å². The number of nitrogens with one attached hydrogen (secondary N) is 2. The largest absolute Gasteiger partial charge is 0.392 e. The molecule has 2 rings (SSSR count). The molecule has 1 aliphatic rings. The van der Waals surface area contributed by atoms with Crippen LogP contribution in [0.25, 0.3) is 0 Å². The third-order valence-electron chi connectivity index (χ3n) is 3.55. The van der Waals surface area contributed by atoms with Gasteiger partial charge in [-0.25, -0.2) is 8.42 Å². The van der Waals surface area contributed by atoms with Gasteiger partial charge in [0.05, 0.1) is 6.10 Å². The van der Waals surface area contributed by atoms with Gasteiger partial charge in [-0.05, 0) is 25.0 Å². The summed E-state index contributed by atoms with van der Waals surface area (Å²) in [5.74, 6) is -0.536. The Bertz CT molecular complexity index is 581. The summed E-state index contributed by atoms with van der Waals surface area (Å²) in [4.78, 5) is 13.9. The van der Waals surface area contributed by atoms with Crippen molar-refractivity contribution >= 4 is 15.9 Å². The number of hydrogen-bond acceptors (Lipinski definition) is 4. The number of aromatic nitrogens is 1. The monoisotopic (exact) mass is 301 g/mol. The lowest BCUT2D eigenvalue weighted by Crippen LogP contribution is -2.50. The number of hydrazine groups is 1. The van der Waals surface area contributed by atoms with E-state index in [0.29, 0.717) is 18.5 Å². The Morgan fingerprint density at radius 1 is 1.40 bits per heavy atom. The van der Waals surface area contributed by atoms with Crippen molar-refractivity contribution < 1.29 is 18.3 Å². The fraction of sp³-hybridized carbons (Fsp3) is 0.583. The Morgan fingerprint density at radius 2 is 2.10 bits per heavy atom.